The molecule has 0 aromatic heterocycles. The molecule has 0 bridgehead atoms. The van der Waals surface area contributed by atoms with Crippen molar-refractivity contribution < 1.29 is 14.3 Å². The van der Waals surface area contributed by atoms with Crippen LogP contribution in [0.4, 0.5) is 5.69 Å². The first-order valence-electron chi connectivity index (χ1n) is 6.52. The van der Waals surface area contributed by atoms with Crippen molar-refractivity contribution in [1.29, 1.82) is 0 Å². The number of hydrogen-bond acceptors (Lipinski definition) is 3. The predicted molar refractivity (Wildman–Crippen MR) is 83.2 cm³/mol. The van der Waals surface area contributed by atoms with Gasteiger partial charge in [-0.25, -0.2) is 0 Å². The molecule has 0 saturated heterocycles. The Morgan fingerprint density at radius 2 is 1.43 bits per heavy atom. The molecule has 2 aromatic carbocycles. The number of carbonyl (C=O) groups excluding carboxylic acids is 1. The van der Waals surface area contributed by atoms with Crippen LogP contribution in [0.3, 0.4) is 0 Å². The maximum atomic E-state index is 10.9. The minimum atomic E-state index is -0.0972. The van der Waals surface area contributed by atoms with E-state index in [0.717, 1.165) is 17.2 Å². The Labute approximate surface area is 128 Å². The third kappa shape index (κ3) is 5.36. The Balaban J connectivity index is 1.73. The van der Waals surface area contributed by atoms with E-state index >= 15 is 0 Å². The smallest absolute Gasteiger partial charge is 0.221 e. The summed E-state index contributed by atoms with van der Waals surface area (Å²) in [6, 6.07) is 14.3. The minimum absolute atomic E-state index is 0.0972. The normalized spacial score (nSPS) is 10.0. The van der Waals surface area contributed by atoms with E-state index in [1.807, 2.05) is 12.1 Å². The molecule has 0 heterocycles. The monoisotopic (exact) mass is 305 g/mol. The molecular weight excluding hydrogens is 290 g/mol. The lowest BCUT2D eigenvalue weighted by molar-refractivity contribution is -0.114. The van der Waals surface area contributed by atoms with Gasteiger partial charge in [0, 0.05) is 17.6 Å². The molecule has 21 heavy (non-hydrogen) atoms. The van der Waals surface area contributed by atoms with Gasteiger partial charge in [-0.3, -0.25) is 4.79 Å². The van der Waals surface area contributed by atoms with Gasteiger partial charge < -0.3 is 14.8 Å². The van der Waals surface area contributed by atoms with E-state index in [4.69, 9.17) is 21.1 Å². The number of rotatable bonds is 6. The maximum Gasteiger partial charge on any atom is 0.221 e. The van der Waals surface area contributed by atoms with E-state index in [9.17, 15) is 4.79 Å². The fourth-order valence-corrected chi connectivity index (χ4v) is 1.81. The summed E-state index contributed by atoms with van der Waals surface area (Å²) in [5.74, 6) is 1.38. The van der Waals surface area contributed by atoms with Crippen molar-refractivity contribution in [2.75, 3.05) is 18.5 Å². The summed E-state index contributed by atoms with van der Waals surface area (Å²) in [6.07, 6.45) is 0. The topological polar surface area (TPSA) is 47.6 Å². The summed E-state index contributed by atoms with van der Waals surface area (Å²) < 4.78 is 11.1. The van der Waals surface area contributed by atoms with E-state index in [1.54, 1.807) is 36.4 Å². The van der Waals surface area contributed by atoms with Crippen LogP contribution in [0.15, 0.2) is 48.5 Å². The van der Waals surface area contributed by atoms with Crippen molar-refractivity contribution in [2.45, 2.75) is 6.92 Å². The van der Waals surface area contributed by atoms with Gasteiger partial charge in [0.1, 0.15) is 24.7 Å². The maximum absolute atomic E-state index is 10.9. The molecule has 0 aliphatic rings. The fraction of sp³-hybridized carbons (Fsp3) is 0.188. The lowest BCUT2D eigenvalue weighted by Gasteiger charge is -2.09. The van der Waals surface area contributed by atoms with Crippen LogP contribution < -0.4 is 14.8 Å². The Kier molecular flexibility index (Phi) is 5.46. The van der Waals surface area contributed by atoms with Crippen molar-refractivity contribution >= 4 is 23.2 Å². The molecule has 1 N–H and O–H groups in total. The summed E-state index contributed by atoms with van der Waals surface area (Å²) >= 11 is 5.79. The van der Waals surface area contributed by atoms with Crippen molar-refractivity contribution in [3.8, 4) is 11.5 Å². The molecule has 0 fully saturated rings. The van der Waals surface area contributed by atoms with Crippen LogP contribution in [-0.4, -0.2) is 19.1 Å². The lowest BCUT2D eigenvalue weighted by Crippen LogP contribution is -2.09. The fourth-order valence-electron chi connectivity index (χ4n) is 1.69. The number of halogens is 1. The summed E-state index contributed by atoms with van der Waals surface area (Å²) in [5.41, 5.74) is 0.743. The highest BCUT2D eigenvalue weighted by Crippen LogP contribution is 2.17. The molecule has 0 spiro atoms. The largest absolute Gasteiger partial charge is 0.490 e. The van der Waals surface area contributed by atoms with Gasteiger partial charge in [-0.15, -0.1) is 0 Å². The highest BCUT2D eigenvalue weighted by atomic mass is 35.5. The number of benzene rings is 2. The van der Waals surface area contributed by atoms with Gasteiger partial charge >= 0.3 is 0 Å². The molecule has 0 unspecified atom stereocenters. The molecule has 4 nitrogen and oxygen atoms in total. The number of hydrogen-bond donors (Lipinski definition) is 1. The van der Waals surface area contributed by atoms with Crippen LogP contribution in [0, 0.1) is 0 Å². The molecular formula is C16H16ClNO3. The van der Waals surface area contributed by atoms with E-state index in [1.165, 1.54) is 6.92 Å². The highest BCUT2D eigenvalue weighted by molar-refractivity contribution is 6.30. The van der Waals surface area contributed by atoms with Crippen LogP contribution >= 0.6 is 11.6 Å². The van der Waals surface area contributed by atoms with Crippen LogP contribution in [0.25, 0.3) is 0 Å². The molecule has 0 radical (unpaired) electrons. The van der Waals surface area contributed by atoms with Gasteiger partial charge in [0.05, 0.1) is 0 Å². The van der Waals surface area contributed by atoms with Gasteiger partial charge in [0.15, 0.2) is 0 Å². The first kappa shape index (κ1) is 15.2. The zero-order valence-electron chi connectivity index (χ0n) is 11.6. The number of carbonyl (C=O) groups is 1. The van der Waals surface area contributed by atoms with Crippen molar-refractivity contribution in [2.24, 2.45) is 0 Å². The minimum Gasteiger partial charge on any atom is -0.490 e. The summed E-state index contributed by atoms with van der Waals surface area (Å²) in [6.45, 7) is 2.34. The standard InChI is InChI=1S/C16H16ClNO3/c1-12(19)18-14-4-8-16(9-5-14)21-11-10-20-15-6-2-13(17)3-7-15/h2-9H,10-11H2,1H3,(H,18,19). The van der Waals surface area contributed by atoms with Crippen LogP contribution in [0.1, 0.15) is 6.92 Å². The number of nitrogens with one attached hydrogen (secondary N) is 1. The van der Waals surface area contributed by atoms with E-state index in [-0.39, 0.29) is 5.91 Å². The average molecular weight is 306 g/mol. The van der Waals surface area contributed by atoms with Crippen LogP contribution in [-0.2, 0) is 4.79 Å². The first-order valence-corrected chi connectivity index (χ1v) is 6.90. The van der Waals surface area contributed by atoms with E-state index in [0.29, 0.717) is 18.2 Å². The Hall–Kier alpha value is -2.20. The Bertz CT molecular complexity index is 581. The third-order valence-electron chi connectivity index (χ3n) is 2.61. The molecule has 5 heteroatoms. The molecule has 0 aliphatic carbocycles. The summed E-state index contributed by atoms with van der Waals surface area (Å²) in [7, 11) is 0. The second-order valence-corrected chi connectivity index (χ2v) is 4.79. The lowest BCUT2D eigenvalue weighted by atomic mass is 10.3. The van der Waals surface area contributed by atoms with Crippen molar-refractivity contribution in [3.63, 3.8) is 0 Å². The zero-order valence-corrected chi connectivity index (χ0v) is 12.4. The summed E-state index contributed by atoms with van der Waals surface area (Å²) in [5, 5.41) is 3.37. The Morgan fingerprint density at radius 3 is 1.90 bits per heavy atom. The third-order valence-corrected chi connectivity index (χ3v) is 2.86. The van der Waals surface area contributed by atoms with Crippen LogP contribution in [0.2, 0.25) is 5.02 Å². The molecule has 0 saturated carbocycles. The van der Waals surface area contributed by atoms with Gasteiger partial charge in [-0.2, -0.15) is 0 Å². The van der Waals surface area contributed by atoms with E-state index in [2.05, 4.69) is 5.32 Å². The Morgan fingerprint density at radius 1 is 0.952 bits per heavy atom. The molecule has 0 aliphatic heterocycles. The SMILES string of the molecule is CC(=O)Nc1ccc(OCCOc2ccc(Cl)cc2)cc1. The first-order chi connectivity index (χ1) is 10.1. The number of anilines is 1. The van der Waals surface area contributed by atoms with Gasteiger partial charge in [0.25, 0.3) is 0 Å². The molecule has 0 atom stereocenters. The molecule has 1 amide bonds. The van der Waals surface area contributed by atoms with Gasteiger partial charge in [-0.1, -0.05) is 11.6 Å². The average Bonchev–Trinajstić information content (AvgIpc) is 2.46. The number of ether oxygens (including phenoxy) is 2. The van der Waals surface area contributed by atoms with Crippen LogP contribution in [0.5, 0.6) is 11.5 Å². The second-order valence-electron chi connectivity index (χ2n) is 4.36. The highest BCUT2D eigenvalue weighted by Gasteiger charge is 1.98. The molecule has 110 valence electrons. The summed E-state index contributed by atoms with van der Waals surface area (Å²) in [4.78, 5) is 10.9. The van der Waals surface area contributed by atoms with Crippen molar-refractivity contribution in [1.82, 2.24) is 0 Å². The van der Waals surface area contributed by atoms with Gasteiger partial charge in [-0.05, 0) is 48.5 Å². The predicted octanol–water partition coefficient (Wildman–Crippen LogP) is 3.76. The van der Waals surface area contributed by atoms with E-state index < -0.39 is 0 Å². The second kappa shape index (κ2) is 7.55. The van der Waals surface area contributed by atoms with Gasteiger partial charge in [0.2, 0.25) is 5.91 Å². The number of amides is 1. The molecule has 2 rings (SSSR count). The molecule has 2 aromatic rings. The quantitative estimate of drug-likeness (QED) is 0.827. The zero-order chi connectivity index (χ0) is 15.1. The van der Waals surface area contributed by atoms with Crippen molar-refractivity contribution in [3.05, 3.63) is 53.6 Å².